The lowest BCUT2D eigenvalue weighted by Gasteiger charge is -2.72. The summed E-state index contributed by atoms with van der Waals surface area (Å²) in [6.07, 6.45) is 11.4. The fourth-order valence-corrected chi connectivity index (χ4v) is 15.2. The molecule has 286 valence electrons. The van der Waals surface area contributed by atoms with Crippen LogP contribution < -0.4 is 5.32 Å². The lowest BCUT2D eigenvalue weighted by Crippen LogP contribution is -2.66. The number of benzene rings is 1. The molecule has 1 amide bonds. The minimum atomic E-state index is -2.94. The van der Waals surface area contributed by atoms with Crippen LogP contribution in [0, 0.1) is 62.5 Å². The quantitative estimate of drug-likeness (QED) is 0.275. The zero-order valence-corrected chi connectivity index (χ0v) is 33.1. The highest BCUT2D eigenvalue weighted by Gasteiger charge is 2.71. The van der Waals surface area contributed by atoms with Crippen LogP contribution >= 0.6 is 0 Å². The Kier molecular flexibility index (Phi) is 9.28. The number of sulfone groups is 1. The summed E-state index contributed by atoms with van der Waals surface area (Å²) in [5.74, 6) is 0.890. The zero-order valence-electron chi connectivity index (χ0n) is 32.3. The largest absolute Gasteiger partial charge is 0.478 e. The first-order chi connectivity index (χ1) is 24.3. The third-order valence-corrected chi connectivity index (χ3v) is 18.4. The van der Waals surface area contributed by atoms with Gasteiger partial charge in [0.15, 0.2) is 9.84 Å². The number of nitrogens with zero attached hydrogens (tertiary/aromatic N) is 1. The van der Waals surface area contributed by atoms with Crippen LogP contribution in [0.25, 0.3) is 5.57 Å². The summed E-state index contributed by atoms with van der Waals surface area (Å²) in [7, 11) is -2.94. The Bertz CT molecular complexity index is 1790. The molecular formula is C43H61FN2O5S. The van der Waals surface area contributed by atoms with Gasteiger partial charge in [0.05, 0.1) is 22.5 Å². The lowest BCUT2D eigenvalue weighted by molar-refractivity contribution is -0.225. The van der Waals surface area contributed by atoms with Crippen molar-refractivity contribution in [1.82, 2.24) is 10.2 Å². The highest BCUT2D eigenvalue weighted by atomic mass is 32.2. The van der Waals surface area contributed by atoms with E-state index in [-0.39, 0.29) is 50.6 Å². The van der Waals surface area contributed by atoms with Crippen molar-refractivity contribution in [2.24, 2.45) is 56.7 Å². The number of aromatic carboxylic acids is 1. The highest BCUT2D eigenvalue weighted by Crippen LogP contribution is 2.77. The first kappa shape index (κ1) is 37.8. The number of hydrogen-bond donors (Lipinski definition) is 2. The van der Waals surface area contributed by atoms with Crippen molar-refractivity contribution in [3.8, 4) is 0 Å². The summed E-state index contributed by atoms with van der Waals surface area (Å²) in [6.45, 7) is 21.2. The van der Waals surface area contributed by atoms with Crippen LogP contribution in [0.5, 0.6) is 0 Å². The van der Waals surface area contributed by atoms with Crippen LogP contribution in [0.3, 0.4) is 0 Å². The molecule has 1 aromatic carbocycles. The first-order valence-electron chi connectivity index (χ1n) is 19.9. The molecule has 52 heavy (non-hydrogen) atoms. The molecule has 6 aliphatic rings. The number of hydrogen-bond acceptors (Lipinski definition) is 5. The van der Waals surface area contributed by atoms with Crippen molar-refractivity contribution in [2.75, 3.05) is 37.7 Å². The number of rotatable bonds is 7. The molecule has 5 fully saturated rings. The molecule has 5 aliphatic carbocycles. The molecule has 9 atom stereocenters. The van der Waals surface area contributed by atoms with Crippen molar-refractivity contribution < 1.29 is 27.5 Å². The Morgan fingerprint density at radius 1 is 0.962 bits per heavy atom. The Balaban J connectivity index is 1.15. The van der Waals surface area contributed by atoms with Gasteiger partial charge < -0.3 is 10.4 Å². The van der Waals surface area contributed by atoms with Gasteiger partial charge in [0.2, 0.25) is 5.91 Å². The minimum absolute atomic E-state index is 0.0270. The normalized spacial score (nSPS) is 40.7. The van der Waals surface area contributed by atoms with Gasteiger partial charge >= 0.3 is 5.97 Å². The van der Waals surface area contributed by atoms with E-state index in [1.807, 2.05) is 0 Å². The molecule has 7 rings (SSSR count). The van der Waals surface area contributed by atoms with Gasteiger partial charge in [-0.25, -0.2) is 17.6 Å². The first-order valence-corrected chi connectivity index (χ1v) is 21.7. The monoisotopic (exact) mass is 736 g/mol. The SMILES string of the molecule is C=C(C)[C@@H]1CC[C@]2(C(=O)NCCN3CCS(=O)(=O)CC3)CC[C@]3(C)[C@H](CC[C@@H]4[C@@]5(C)CC=C(c6ccc(C(=O)O)cc6F)C(C)(C)[C@@H]5CC[C@]43C)[C@@H]12. The molecule has 2 N–H and O–H groups in total. The Hall–Kier alpha value is -2.52. The molecule has 4 saturated carbocycles. The molecule has 1 heterocycles. The Labute approximate surface area is 311 Å². The van der Waals surface area contributed by atoms with Crippen LogP contribution in [0.15, 0.2) is 36.4 Å². The van der Waals surface area contributed by atoms with Gasteiger partial charge in [-0.05, 0) is 134 Å². The summed E-state index contributed by atoms with van der Waals surface area (Å²) in [4.78, 5) is 28.2. The summed E-state index contributed by atoms with van der Waals surface area (Å²) in [5, 5.41) is 12.8. The van der Waals surface area contributed by atoms with E-state index in [1.165, 1.54) is 11.6 Å². The number of allylic oxidation sites excluding steroid dienone is 3. The standard InChI is InChI=1S/C43H61FN2O5S/c1-27(2)29-12-17-43(38(49)45-20-21-46-22-24-52(50,51)25-23-46)19-18-41(6)32(36(29)43)10-11-35-40(5)15-13-31(30-9-8-28(37(47)48)26-33(30)44)39(3,4)34(40)14-16-42(35,41)7/h8-9,13,26,29,32,34-36H,1,10-12,14-25H2,2-7H3,(H,45,49)(H,47,48)/t29-,32+,34-,35+,36+,40-,41+,42+,43-/m0/s1. The number of carboxylic acids is 1. The molecule has 0 radical (unpaired) electrons. The van der Waals surface area contributed by atoms with E-state index < -0.39 is 27.0 Å². The number of carbonyl (C=O) groups excluding carboxylic acids is 1. The average Bonchev–Trinajstić information content (AvgIpc) is 3.47. The fourth-order valence-electron chi connectivity index (χ4n) is 13.9. The molecule has 1 saturated heterocycles. The van der Waals surface area contributed by atoms with E-state index in [9.17, 15) is 23.1 Å². The fraction of sp³-hybridized carbons (Fsp3) is 0.721. The second-order valence-corrected chi connectivity index (χ2v) is 21.4. The number of halogens is 1. The van der Waals surface area contributed by atoms with Crippen molar-refractivity contribution in [3.05, 3.63) is 53.4 Å². The van der Waals surface area contributed by atoms with E-state index >= 15 is 4.39 Å². The minimum Gasteiger partial charge on any atom is -0.478 e. The van der Waals surface area contributed by atoms with Crippen molar-refractivity contribution >= 4 is 27.3 Å². The number of carbonyl (C=O) groups is 2. The molecule has 7 nitrogen and oxygen atoms in total. The molecule has 0 unspecified atom stereocenters. The third-order valence-electron chi connectivity index (χ3n) is 16.8. The number of fused-ring (bicyclic) bond motifs is 7. The molecule has 0 spiro atoms. The van der Waals surface area contributed by atoms with E-state index in [1.54, 1.807) is 6.07 Å². The summed E-state index contributed by atoms with van der Waals surface area (Å²) < 4.78 is 39.4. The van der Waals surface area contributed by atoms with Crippen molar-refractivity contribution in [2.45, 2.75) is 99.3 Å². The van der Waals surface area contributed by atoms with Crippen LogP contribution in [0.4, 0.5) is 4.39 Å². The predicted molar refractivity (Wildman–Crippen MR) is 204 cm³/mol. The average molecular weight is 737 g/mol. The lowest BCUT2D eigenvalue weighted by atomic mass is 9.32. The van der Waals surface area contributed by atoms with E-state index in [0.29, 0.717) is 55.4 Å². The van der Waals surface area contributed by atoms with E-state index in [4.69, 9.17) is 0 Å². The number of nitrogens with one attached hydrogen (secondary N) is 1. The molecule has 0 bridgehead atoms. The second-order valence-electron chi connectivity index (χ2n) is 19.1. The summed E-state index contributed by atoms with van der Waals surface area (Å²) >= 11 is 0. The van der Waals surface area contributed by atoms with Gasteiger partial charge in [0.1, 0.15) is 5.82 Å². The highest BCUT2D eigenvalue weighted by molar-refractivity contribution is 7.91. The number of amides is 1. The summed E-state index contributed by atoms with van der Waals surface area (Å²) in [5.41, 5.74) is 2.23. The second kappa shape index (κ2) is 12.8. The third kappa shape index (κ3) is 5.59. The van der Waals surface area contributed by atoms with E-state index in [2.05, 4.69) is 64.4 Å². The van der Waals surface area contributed by atoms with Gasteiger partial charge in [-0.3, -0.25) is 9.69 Å². The van der Waals surface area contributed by atoms with Crippen LogP contribution in [0.2, 0.25) is 0 Å². The van der Waals surface area contributed by atoms with E-state index in [0.717, 1.165) is 69.4 Å². The predicted octanol–water partition coefficient (Wildman–Crippen LogP) is 8.02. The van der Waals surface area contributed by atoms with Gasteiger partial charge in [0.25, 0.3) is 0 Å². The molecule has 1 aliphatic heterocycles. The number of carboxylic acid groups (broad SMARTS) is 1. The molecule has 9 heteroatoms. The van der Waals surface area contributed by atoms with Gasteiger partial charge in [-0.1, -0.05) is 58.9 Å². The van der Waals surface area contributed by atoms with Gasteiger partial charge in [-0.2, -0.15) is 0 Å². The van der Waals surface area contributed by atoms with Crippen molar-refractivity contribution in [3.63, 3.8) is 0 Å². The van der Waals surface area contributed by atoms with Crippen molar-refractivity contribution in [1.29, 1.82) is 0 Å². The van der Waals surface area contributed by atoms with Crippen LogP contribution in [-0.4, -0.2) is 68.0 Å². The van der Waals surface area contributed by atoms with Gasteiger partial charge in [0, 0.05) is 31.7 Å². The van der Waals surface area contributed by atoms with Gasteiger partial charge in [-0.15, -0.1) is 0 Å². The zero-order chi connectivity index (χ0) is 37.6. The Morgan fingerprint density at radius 2 is 1.67 bits per heavy atom. The molecule has 0 aromatic heterocycles. The Morgan fingerprint density at radius 3 is 2.33 bits per heavy atom. The summed E-state index contributed by atoms with van der Waals surface area (Å²) in [6, 6.07) is 4.36. The smallest absolute Gasteiger partial charge is 0.335 e. The topological polar surface area (TPSA) is 104 Å². The van der Waals surface area contributed by atoms with Crippen LogP contribution in [-0.2, 0) is 14.6 Å². The maximum atomic E-state index is 15.5. The molecular weight excluding hydrogens is 676 g/mol. The maximum Gasteiger partial charge on any atom is 0.335 e. The van der Waals surface area contributed by atoms with Crippen LogP contribution in [0.1, 0.15) is 115 Å². The maximum absolute atomic E-state index is 15.5. The molecule has 1 aromatic rings.